The molecule has 0 spiro atoms. The number of para-hydroxylation sites is 1. The number of alkyl halides is 4. The van der Waals surface area contributed by atoms with E-state index < -0.39 is 25.7 Å². The summed E-state index contributed by atoms with van der Waals surface area (Å²) in [7, 11) is 0. The van der Waals surface area contributed by atoms with Crippen molar-refractivity contribution in [1.82, 2.24) is 9.55 Å². The van der Waals surface area contributed by atoms with E-state index in [4.69, 9.17) is 4.74 Å². The van der Waals surface area contributed by atoms with Crippen molar-refractivity contribution >= 4 is 17.3 Å². The smallest absolute Gasteiger partial charge is 0.387 e. The van der Waals surface area contributed by atoms with Crippen molar-refractivity contribution in [3.05, 3.63) is 72.3 Å². The SMILES string of the molecule is O=C(OCc1nccn1C(F)F)c1ccccc1Nc1ccc(OC(F)F)cc1. The minimum atomic E-state index is -2.93. The molecule has 1 heterocycles. The maximum Gasteiger partial charge on any atom is 0.387 e. The monoisotopic (exact) mass is 409 g/mol. The zero-order valence-electron chi connectivity index (χ0n) is 14.8. The van der Waals surface area contributed by atoms with Crippen LogP contribution in [0, 0.1) is 0 Å². The number of nitrogens with one attached hydrogen (secondary N) is 1. The lowest BCUT2D eigenvalue weighted by Crippen LogP contribution is -2.11. The summed E-state index contributed by atoms with van der Waals surface area (Å²) in [5.74, 6) is -0.837. The Hall–Kier alpha value is -3.56. The molecular formula is C19H15F4N3O3. The summed E-state index contributed by atoms with van der Waals surface area (Å²) in [6.45, 7) is -6.15. The number of esters is 1. The maximum atomic E-state index is 12.8. The van der Waals surface area contributed by atoms with Gasteiger partial charge in [-0.15, -0.1) is 0 Å². The van der Waals surface area contributed by atoms with Crippen LogP contribution in [0.4, 0.5) is 28.9 Å². The Bertz CT molecular complexity index is 961. The molecular weight excluding hydrogens is 394 g/mol. The third-order valence-electron chi connectivity index (χ3n) is 3.80. The number of halogens is 4. The second kappa shape index (κ2) is 9.09. The van der Waals surface area contributed by atoms with Gasteiger partial charge >= 0.3 is 19.1 Å². The number of hydrogen-bond donors (Lipinski definition) is 1. The number of carbonyl (C=O) groups is 1. The van der Waals surface area contributed by atoms with E-state index in [0.29, 0.717) is 15.9 Å². The summed E-state index contributed by atoms with van der Waals surface area (Å²) in [4.78, 5) is 16.2. The lowest BCUT2D eigenvalue weighted by molar-refractivity contribution is -0.0498. The number of rotatable bonds is 8. The van der Waals surface area contributed by atoms with Crippen LogP contribution < -0.4 is 10.1 Å². The lowest BCUT2D eigenvalue weighted by atomic mass is 10.1. The number of aromatic nitrogens is 2. The van der Waals surface area contributed by atoms with Crippen molar-refractivity contribution in [1.29, 1.82) is 0 Å². The molecule has 152 valence electrons. The van der Waals surface area contributed by atoms with Gasteiger partial charge < -0.3 is 14.8 Å². The summed E-state index contributed by atoms with van der Waals surface area (Å²) >= 11 is 0. The summed E-state index contributed by atoms with van der Waals surface area (Å²) in [5, 5.41) is 2.97. The van der Waals surface area contributed by atoms with Crippen LogP contribution in [0.1, 0.15) is 22.7 Å². The third-order valence-corrected chi connectivity index (χ3v) is 3.80. The Morgan fingerprint density at radius 1 is 1.07 bits per heavy atom. The average Bonchev–Trinajstić information content (AvgIpc) is 3.17. The van der Waals surface area contributed by atoms with Gasteiger partial charge in [-0.05, 0) is 36.4 Å². The van der Waals surface area contributed by atoms with Gasteiger partial charge in [0.1, 0.15) is 12.4 Å². The molecule has 0 fully saturated rings. The predicted molar refractivity (Wildman–Crippen MR) is 95.4 cm³/mol. The van der Waals surface area contributed by atoms with E-state index in [1.165, 1.54) is 36.5 Å². The molecule has 29 heavy (non-hydrogen) atoms. The molecule has 2 aromatic carbocycles. The van der Waals surface area contributed by atoms with Crippen LogP contribution in [0.5, 0.6) is 5.75 Å². The van der Waals surface area contributed by atoms with E-state index in [2.05, 4.69) is 15.0 Å². The Balaban J connectivity index is 1.69. The van der Waals surface area contributed by atoms with Crippen LogP contribution in [0.2, 0.25) is 0 Å². The van der Waals surface area contributed by atoms with E-state index in [0.717, 1.165) is 6.20 Å². The Morgan fingerprint density at radius 2 is 1.79 bits per heavy atom. The third kappa shape index (κ3) is 5.24. The Kier molecular flexibility index (Phi) is 6.32. The first kappa shape index (κ1) is 20.2. The maximum absolute atomic E-state index is 12.8. The number of benzene rings is 2. The lowest BCUT2D eigenvalue weighted by Gasteiger charge is -2.13. The largest absolute Gasteiger partial charge is 0.454 e. The standard InChI is InChI=1S/C19H15F4N3O3/c20-18(21)26-10-9-24-16(26)11-28-17(27)14-3-1-2-4-15(14)25-12-5-7-13(8-6-12)29-19(22)23/h1-10,18-19,25H,11H2. The van der Waals surface area contributed by atoms with Crippen LogP contribution in [0.25, 0.3) is 0 Å². The van der Waals surface area contributed by atoms with Crippen LogP contribution >= 0.6 is 0 Å². The van der Waals surface area contributed by atoms with Gasteiger partial charge in [-0.1, -0.05) is 12.1 Å². The van der Waals surface area contributed by atoms with E-state index >= 15 is 0 Å². The van der Waals surface area contributed by atoms with Gasteiger partial charge in [0.05, 0.1) is 11.3 Å². The number of ether oxygens (including phenoxy) is 2. The topological polar surface area (TPSA) is 65.4 Å². The molecule has 0 aliphatic heterocycles. The van der Waals surface area contributed by atoms with Crippen molar-refractivity contribution in [2.24, 2.45) is 0 Å². The number of hydrogen-bond acceptors (Lipinski definition) is 5. The second-order valence-corrected chi connectivity index (χ2v) is 5.68. The predicted octanol–water partition coefficient (Wildman–Crippen LogP) is 4.98. The van der Waals surface area contributed by atoms with Gasteiger partial charge in [0, 0.05) is 18.1 Å². The molecule has 0 atom stereocenters. The summed E-state index contributed by atoms with van der Waals surface area (Å²) in [5.41, 5.74) is 1.06. The van der Waals surface area contributed by atoms with Gasteiger partial charge in [-0.25, -0.2) is 9.78 Å². The van der Waals surface area contributed by atoms with E-state index in [-0.39, 0.29) is 17.1 Å². The highest BCUT2D eigenvalue weighted by Gasteiger charge is 2.16. The second-order valence-electron chi connectivity index (χ2n) is 5.68. The molecule has 3 rings (SSSR count). The number of anilines is 2. The van der Waals surface area contributed by atoms with Crippen molar-refractivity contribution in [3.8, 4) is 5.75 Å². The quantitative estimate of drug-likeness (QED) is 0.420. The molecule has 0 bridgehead atoms. The Morgan fingerprint density at radius 3 is 2.48 bits per heavy atom. The van der Waals surface area contributed by atoms with Crippen molar-refractivity contribution in [2.75, 3.05) is 5.32 Å². The average molecular weight is 409 g/mol. The molecule has 0 amide bonds. The fourth-order valence-electron chi connectivity index (χ4n) is 2.49. The first-order valence-corrected chi connectivity index (χ1v) is 8.32. The highest BCUT2D eigenvalue weighted by Crippen LogP contribution is 2.24. The number of nitrogens with zero attached hydrogens (tertiary/aromatic N) is 2. The van der Waals surface area contributed by atoms with Gasteiger partial charge in [-0.3, -0.25) is 4.57 Å². The highest BCUT2D eigenvalue weighted by molar-refractivity contribution is 5.96. The number of carbonyl (C=O) groups excluding carboxylic acids is 1. The highest BCUT2D eigenvalue weighted by atomic mass is 19.3. The normalized spacial score (nSPS) is 11.0. The molecule has 3 aromatic rings. The van der Waals surface area contributed by atoms with Gasteiger partial charge in [0.15, 0.2) is 5.82 Å². The molecule has 0 aliphatic carbocycles. The minimum absolute atomic E-state index is 0.00669. The Labute approximate surface area is 162 Å². The molecule has 0 saturated heterocycles. The fraction of sp³-hybridized carbons (Fsp3) is 0.158. The van der Waals surface area contributed by atoms with Crippen LogP contribution in [0.3, 0.4) is 0 Å². The molecule has 0 aliphatic rings. The fourth-order valence-corrected chi connectivity index (χ4v) is 2.49. The van der Waals surface area contributed by atoms with Crippen molar-refractivity contribution < 1.29 is 31.8 Å². The summed E-state index contributed by atoms with van der Waals surface area (Å²) < 4.78 is 60.1. The van der Waals surface area contributed by atoms with E-state index in [9.17, 15) is 22.4 Å². The van der Waals surface area contributed by atoms with Gasteiger partial charge in [0.25, 0.3) is 0 Å². The zero-order valence-corrected chi connectivity index (χ0v) is 14.8. The summed E-state index contributed by atoms with van der Waals surface area (Å²) in [6.07, 6.45) is 2.27. The van der Waals surface area contributed by atoms with Crippen molar-refractivity contribution in [2.45, 2.75) is 19.8 Å². The van der Waals surface area contributed by atoms with Gasteiger partial charge in [-0.2, -0.15) is 17.6 Å². The van der Waals surface area contributed by atoms with Gasteiger partial charge in [0.2, 0.25) is 0 Å². The first-order chi connectivity index (χ1) is 13.9. The van der Waals surface area contributed by atoms with Crippen molar-refractivity contribution in [3.63, 3.8) is 0 Å². The molecule has 0 radical (unpaired) electrons. The number of imidazole rings is 1. The molecule has 6 nitrogen and oxygen atoms in total. The first-order valence-electron chi connectivity index (χ1n) is 8.32. The van der Waals surface area contributed by atoms with Crippen LogP contribution in [-0.2, 0) is 11.3 Å². The van der Waals surface area contributed by atoms with Crippen LogP contribution in [0.15, 0.2) is 60.9 Å². The molecule has 1 N–H and O–H groups in total. The van der Waals surface area contributed by atoms with E-state index in [1.807, 2.05) is 0 Å². The molecule has 0 unspecified atom stereocenters. The van der Waals surface area contributed by atoms with Crippen LogP contribution in [-0.4, -0.2) is 22.1 Å². The molecule has 0 saturated carbocycles. The minimum Gasteiger partial charge on any atom is -0.454 e. The molecule has 1 aromatic heterocycles. The van der Waals surface area contributed by atoms with E-state index in [1.54, 1.807) is 18.2 Å². The summed E-state index contributed by atoms with van der Waals surface area (Å²) in [6, 6.07) is 12.1. The molecule has 10 heteroatoms. The zero-order chi connectivity index (χ0) is 20.8.